The maximum Gasteiger partial charge on any atom is 0.162 e. The first kappa shape index (κ1) is 14.0. The van der Waals surface area contributed by atoms with E-state index < -0.39 is 6.10 Å². The molecule has 3 rings (SSSR count). The second kappa shape index (κ2) is 5.82. The predicted octanol–water partition coefficient (Wildman–Crippen LogP) is 4.30. The van der Waals surface area contributed by atoms with E-state index in [1.807, 2.05) is 5.38 Å². The van der Waals surface area contributed by atoms with Crippen LogP contribution in [-0.2, 0) is 0 Å². The van der Waals surface area contributed by atoms with Gasteiger partial charge < -0.3 is 14.6 Å². The van der Waals surface area contributed by atoms with Crippen molar-refractivity contribution >= 4 is 34.5 Å². The Kier molecular flexibility index (Phi) is 4.08. The molecule has 1 atom stereocenters. The molecule has 1 aliphatic heterocycles. The molecule has 2 aromatic rings. The minimum atomic E-state index is -0.868. The maximum atomic E-state index is 10.5. The van der Waals surface area contributed by atoms with Gasteiger partial charge in [-0.2, -0.15) is 0 Å². The molecule has 0 saturated carbocycles. The average molecular weight is 331 g/mol. The van der Waals surface area contributed by atoms with Crippen molar-refractivity contribution in [3.8, 4) is 11.5 Å². The van der Waals surface area contributed by atoms with Gasteiger partial charge in [-0.15, -0.1) is 11.3 Å². The number of hydrogen-bond acceptors (Lipinski definition) is 4. The number of rotatable bonds is 2. The van der Waals surface area contributed by atoms with Gasteiger partial charge in [0, 0.05) is 18.1 Å². The van der Waals surface area contributed by atoms with Crippen LogP contribution in [0.2, 0.25) is 10.0 Å². The van der Waals surface area contributed by atoms with Crippen LogP contribution in [-0.4, -0.2) is 18.3 Å². The number of benzene rings is 1. The number of hydrogen-bond donors (Lipinski definition) is 1. The highest BCUT2D eigenvalue weighted by atomic mass is 35.5. The number of thiophene rings is 1. The molecule has 6 heteroatoms. The molecule has 20 heavy (non-hydrogen) atoms. The Labute approximate surface area is 130 Å². The van der Waals surface area contributed by atoms with Gasteiger partial charge in [-0.3, -0.25) is 0 Å². The van der Waals surface area contributed by atoms with Gasteiger partial charge in [0.2, 0.25) is 0 Å². The molecule has 1 N–H and O–H groups in total. The van der Waals surface area contributed by atoms with Crippen molar-refractivity contribution in [3.63, 3.8) is 0 Å². The van der Waals surface area contributed by atoms with Gasteiger partial charge in [-0.1, -0.05) is 23.2 Å². The molecule has 2 heterocycles. The third-order valence-corrected chi connectivity index (χ3v) is 4.79. The number of aliphatic hydroxyl groups is 1. The summed E-state index contributed by atoms with van der Waals surface area (Å²) >= 11 is 13.7. The summed E-state index contributed by atoms with van der Waals surface area (Å²) in [5.74, 6) is 1.22. The van der Waals surface area contributed by atoms with Gasteiger partial charge in [0.15, 0.2) is 11.5 Å². The Bertz CT molecular complexity index is 627. The minimum absolute atomic E-state index is 0.436. The summed E-state index contributed by atoms with van der Waals surface area (Å²) in [5.41, 5.74) is 0.570. The van der Waals surface area contributed by atoms with Crippen LogP contribution in [0.1, 0.15) is 23.0 Å². The van der Waals surface area contributed by atoms with E-state index in [1.165, 1.54) is 11.3 Å². The fraction of sp³-hybridized carbons (Fsp3) is 0.286. The molecule has 3 nitrogen and oxygen atoms in total. The van der Waals surface area contributed by atoms with E-state index >= 15 is 0 Å². The summed E-state index contributed by atoms with van der Waals surface area (Å²) in [4.78, 5) is 0.669. The van der Waals surface area contributed by atoms with Crippen LogP contribution in [0.4, 0.5) is 0 Å². The molecule has 1 unspecified atom stereocenters. The highest BCUT2D eigenvalue weighted by Crippen LogP contribution is 2.41. The summed E-state index contributed by atoms with van der Waals surface area (Å²) in [5, 5.41) is 13.3. The molecule has 0 bridgehead atoms. The highest BCUT2D eigenvalue weighted by Gasteiger charge is 2.22. The summed E-state index contributed by atoms with van der Waals surface area (Å²) < 4.78 is 11.2. The van der Waals surface area contributed by atoms with E-state index in [2.05, 4.69) is 0 Å². The van der Waals surface area contributed by atoms with Crippen LogP contribution in [0.5, 0.6) is 11.5 Å². The summed E-state index contributed by atoms with van der Waals surface area (Å²) in [6.45, 7) is 1.19. The Morgan fingerprint density at radius 2 is 1.80 bits per heavy atom. The van der Waals surface area contributed by atoms with Gasteiger partial charge in [0.1, 0.15) is 6.10 Å². The summed E-state index contributed by atoms with van der Waals surface area (Å²) in [6, 6.07) is 5.16. The van der Waals surface area contributed by atoms with Crippen LogP contribution in [0.15, 0.2) is 23.6 Å². The number of aliphatic hydroxyl groups excluding tert-OH is 1. The van der Waals surface area contributed by atoms with E-state index in [0.29, 0.717) is 45.2 Å². The Morgan fingerprint density at radius 3 is 2.45 bits per heavy atom. The molecule has 1 aromatic carbocycles. The topological polar surface area (TPSA) is 38.7 Å². The van der Waals surface area contributed by atoms with Gasteiger partial charge in [0.05, 0.1) is 28.1 Å². The molecule has 1 aromatic heterocycles. The molecule has 1 aliphatic rings. The second-order valence-electron chi connectivity index (χ2n) is 4.41. The van der Waals surface area contributed by atoms with Crippen LogP contribution in [0.3, 0.4) is 0 Å². The van der Waals surface area contributed by atoms with Crippen molar-refractivity contribution in [2.45, 2.75) is 12.5 Å². The third-order valence-electron chi connectivity index (χ3n) is 3.05. The molecule has 106 valence electrons. The Hall–Kier alpha value is -0.940. The normalized spacial score (nSPS) is 15.8. The SMILES string of the molecule is OC(c1cc2c(cc1Cl)OCCCO2)c1sccc1Cl. The lowest BCUT2D eigenvalue weighted by Crippen LogP contribution is -2.01. The average Bonchev–Trinajstić information content (AvgIpc) is 2.72. The van der Waals surface area contributed by atoms with Crippen molar-refractivity contribution in [2.75, 3.05) is 13.2 Å². The summed E-state index contributed by atoms with van der Waals surface area (Å²) in [7, 11) is 0. The van der Waals surface area contributed by atoms with Gasteiger partial charge in [0.25, 0.3) is 0 Å². The largest absolute Gasteiger partial charge is 0.490 e. The first-order valence-corrected chi connectivity index (χ1v) is 7.80. The Balaban J connectivity index is 2.01. The number of halogens is 2. The lowest BCUT2D eigenvalue weighted by Gasteiger charge is -2.15. The summed E-state index contributed by atoms with van der Waals surface area (Å²) in [6.07, 6.45) is -0.0480. The molecule has 0 spiro atoms. The van der Waals surface area contributed by atoms with Crippen LogP contribution >= 0.6 is 34.5 Å². The van der Waals surface area contributed by atoms with E-state index in [1.54, 1.807) is 18.2 Å². The second-order valence-corrected chi connectivity index (χ2v) is 6.17. The van der Waals surface area contributed by atoms with Crippen LogP contribution < -0.4 is 9.47 Å². The number of ether oxygens (including phenoxy) is 2. The molecular formula is C14H12Cl2O3S. The zero-order valence-electron chi connectivity index (χ0n) is 10.4. The lowest BCUT2D eigenvalue weighted by atomic mass is 10.1. The van der Waals surface area contributed by atoms with Crippen molar-refractivity contribution in [1.82, 2.24) is 0 Å². The van der Waals surface area contributed by atoms with E-state index in [4.69, 9.17) is 32.7 Å². The van der Waals surface area contributed by atoms with E-state index in [-0.39, 0.29) is 0 Å². The number of fused-ring (bicyclic) bond motifs is 1. The zero-order chi connectivity index (χ0) is 14.1. The Morgan fingerprint density at radius 1 is 1.10 bits per heavy atom. The minimum Gasteiger partial charge on any atom is -0.490 e. The molecule has 0 saturated heterocycles. The van der Waals surface area contributed by atoms with Crippen LogP contribution in [0, 0.1) is 0 Å². The maximum absolute atomic E-state index is 10.5. The van der Waals surface area contributed by atoms with Crippen LogP contribution in [0.25, 0.3) is 0 Å². The molecule has 0 fully saturated rings. The molecular weight excluding hydrogens is 319 g/mol. The molecule has 0 aliphatic carbocycles. The third kappa shape index (κ3) is 2.61. The van der Waals surface area contributed by atoms with Crippen molar-refractivity contribution in [1.29, 1.82) is 0 Å². The highest BCUT2D eigenvalue weighted by molar-refractivity contribution is 7.10. The first-order chi connectivity index (χ1) is 9.66. The standard InChI is InChI=1S/C14H12Cl2O3S/c15-9-2-5-20-14(9)13(17)8-6-11-12(7-10(8)16)19-4-1-3-18-11/h2,5-7,13,17H,1,3-4H2. The molecule has 0 radical (unpaired) electrons. The predicted molar refractivity (Wildman–Crippen MR) is 80.4 cm³/mol. The van der Waals surface area contributed by atoms with Crippen molar-refractivity contribution in [2.24, 2.45) is 0 Å². The zero-order valence-corrected chi connectivity index (χ0v) is 12.8. The lowest BCUT2D eigenvalue weighted by molar-refractivity contribution is 0.223. The molecule has 0 amide bonds. The van der Waals surface area contributed by atoms with Gasteiger partial charge in [-0.25, -0.2) is 0 Å². The fourth-order valence-electron chi connectivity index (χ4n) is 2.05. The van der Waals surface area contributed by atoms with E-state index in [0.717, 1.165) is 6.42 Å². The monoisotopic (exact) mass is 330 g/mol. The first-order valence-electron chi connectivity index (χ1n) is 6.17. The smallest absolute Gasteiger partial charge is 0.162 e. The van der Waals surface area contributed by atoms with Gasteiger partial charge >= 0.3 is 0 Å². The quantitative estimate of drug-likeness (QED) is 0.892. The van der Waals surface area contributed by atoms with Crippen molar-refractivity contribution in [3.05, 3.63) is 44.1 Å². The van der Waals surface area contributed by atoms with Crippen molar-refractivity contribution < 1.29 is 14.6 Å². The van der Waals surface area contributed by atoms with Gasteiger partial charge in [-0.05, 0) is 17.5 Å². The fourth-order valence-corrected chi connectivity index (χ4v) is 3.47. The van der Waals surface area contributed by atoms with E-state index in [9.17, 15) is 5.11 Å².